The Morgan fingerprint density at radius 1 is 1.18 bits per heavy atom. The summed E-state index contributed by atoms with van der Waals surface area (Å²) in [6.07, 6.45) is 9.65. The van der Waals surface area contributed by atoms with Crippen LogP contribution in [0.3, 0.4) is 0 Å². The third kappa shape index (κ3) is 5.72. The lowest BCUT2D eigenvalue weighted by Gasteiger charge is -2.34. The molecular weight excluding hydrogens is 509 g/mol. The Hall–Kier alpha value is -4.57. The molecule has 0 unspecified atom stereocenters. The zero-order valence-electron chi connectivity index (χ0n) is 22.5. The summed E-state index contributed by atoms with van der Waals surface area (Å²) in [5.41, 5.74) is 9.16. The summed E-state index contributed by atoms with van der Waals surface area (Å²) in [6, 6.07) is 12.5. The fourth-order valence-corrected chi connectivity index (χ4v) is 5.00. The number of anilines is 2. The Morgan fingerprint density at radius 3 is 2.73 bits per heavy atom. The predicted octanol–water partition coefficient (Wildman–Crippen LogP) is 4.54. The van der Waals surface area contributed by atoms with Crippen molar-refractivity contribution in [2.75, 3.05) is 38.2 Å². The number of hydrogen-bond acceptors (Lipinski definition) is 6. The van der Waals surface area contributed by atoms with Crippen LogP contribution in [0.5, 0.6) is 0 Å². The highest BCUT2D eigenvalue weighted by atomic mass is 19.1. The minimum atomic E-state index is -0.426. The van der Waals surface area contributed by atoms with Gasteiger partial charge in [-0.3, -0.25) is 14.0 Å². The summed E-state index contributed by atoms with van der Waals surface area (Å²) in [5.74, 6) is 0.224. The maximum atomic E-state index is 13.5. The van der Waals surface area contributed by atoms with Crippen LogP contribution in [-0.4, -0.2) is 63.2 Å². The number of carbonyl (C=O) groups excluding carboxylic acids is 2. The van der Waals surface area contributed by atoms with Gasteiger partial charge in [0.25, 0.3) is 5.91 Å². The number of hydrogen-bond donors (Lipinski definition) is 2. The van der Waals surface area contributed by atoms with E-state index in [4.69, 9.17) is 10.7 Å². The molecule has 1 atom stereocenters. The molecule has 10 heteroatoms. The van der Waals surface area contributed by atoms with Crippen LogP contribution in [0.15, 0.2) is 73.1 Å². The van der Waals surface area contributed by atoms with E-state index in [1.165, 1.54) is 18.2 Å². The fourth-order valence-electron chi connectivity index (χ4n) is 5.00. The molecule has 0 saturated carbocycles. The van der Waals surface area contributed by atoms with Gasteiger partial charge in [-0.25, -0.2) is 14.4 Å². The Balaban J connectivity index is 1.46. The molecule has 0 spiro atoms. The van der Waals surface area contributed by atoms with Crippen molar-refractivity contribution in [1.82, 2.24) is 24.2 Å². The Kier molecular flexibility index (Phi) is 7.88. The molecular formula is C30H32FN7O2. The van der Waals surface area contributed by atoms with Crippen LogP contribution >= 0.6 is 0 Å². The summed E-state index contributed by atoms with van der Waals surface area (Å²) < 4.78 is 15.4. The zero-order valence-corrected chi connectivity index (χ0v) is 22.5. The highest BCUT2D eigenvalue weighted by Gasteiger charge is 2.31. The highest BCUT2D eigenvalue weighted by molar-refractivity contribution is 6.04. The lowest BCUT2D eigenvalue weighted by molar-refractivity contribution is -0.130. The molecule has 2 aromatic heterocycles. The van der Waals surface area contributed by atoms with Gasteiger partial charge in [0, 0.05) is 48.4 Å². The zero-order chi connectivity index (χ0) is 28.2. The number of nitrogens with two attached hydrogens (primary N) is 1. The number of likely N-dealkylation sites (tertiary alicyclic amines) is 1. The molecule has 5 rings (SSSR count). The first-order valence-corrected chi connectivity index (χ1v) is 13.2. The number of rotatable bonds is 7. The molecule has 1 saturated heterocycles. The predicted molar refractivity (Wildman–Crippen MR) is 153 cm³/mol. The molecule has 0 radical (unpaired) electrons. The Bertz CT molecular complexity index is 1560. The van der Waals surface area contributed by atoms with E-state index in [9.17, 15) is 14.0 Å². The van der Waals surface area contributed by atoms with Crippen LogP contribution in [0.2, 0.25) is 0 Å². The van der Waals surface area contributed by atoms with E-state index < -0.39 is 5.82 Å². The first-order chi connectivity index (χ1) is 19.3. The lowest BCUT2D eigenvalue weighted by atomic mass is 10.0. The fraction of sp³-hybridized carbons (Fsp3) is 0.267. The van der Waals surface area contributed by atoms with E-state index in [2.05, 4.69) is 10.3 Å². The molecule has 0 bridgehead atoms. The van der Waals surface area contributed by atoms with Crippen LogP contribution in [0.4, 0.5) is 15.9 Å². The molecule has 4 aromatic rings. The standard InChI is InChI=1S/C30H32FN7O2/c1-36(2)16-6-10-25(39)37-17-4-3-9-24(37)29-35-26(27-28(32)33-15-18-38(27)29)20-11-13-21(14-12-20)30(40)34-23-8-5-7-22(31)19-23/h5-8,10-15,18-19,24H,3-4,9,16-17H2,1-2H3,(H2,32,33)(H,34,40)/b10-6+/t24-/m0/s1. The van der Waals surface area contributed by atoms with E-state index in [0.29, 0.717) is 41.4 Å². The number of halogens is 1. The molecule has 9 nitrogen and oxygen atoms in total. The van der Waals surface area contributed by atoms with Gasteiger partial charge in [0.2, 0.25) is 5.91 Å². The molecule has 0 aliphatic carbocycles. The minimum Gasteiger partial charge on any atom is -0.382 e. The molecule has 40 heavy (non-hydrogen) atoms. The average Bonchev–Trinajstić information content (AvgIpc) is 3.34. The average molecular weight is 542 g/mol. The van der Waals surface area contributed by atoms with Crippen LogP contribution in [0.1, 0.15) is 41.5 Å². The van der Waals surface area contributed by atoms with E-state index in [1.54, 1.807) is 42.6 Å². The van der Waals surface area contributed by atoms with Gasteiger partial charge in [-0.15, -0.1) is 0 Å². The number of imidazole rings is 1. The molecule has 2 aromatic carbocycles. The SMILES string of the molecule is CN(C)C/C=C/C(=O)N1CCCC[C@H]1c1nc(-c2ccc(C(=O)Nc3cccc(F)c3)cc2)c2c(N)nccn12. The van der Waals surface area contributed by atoms with E-state index in [1.807, 2.05) is 40.6 Å². The number of benzene rings is 2. The Labute approximate surface area is 232 Å². The highest BCUT2D eigenvalue weighted by Crippen LogP contribution is 2.36. The number of carbonyl (C=O) groups is 2. The summed E-state index contributed by atoms with van der Waals surface area (Å²) >= 11 is 0. The molecule has 2 amide bonds. The van der Waals surface area contributed by atoms with Gasteiger partial charge in [-0.05, 0) is 63.7 Å². The second-order valence-electron chi connectivity index (χ2n) is 10.1. The molecule has 206 valence electrons. The van der Waals surface area contributed by atoms with Crippen molar-refractivity contribution in [3.63, 3.8) is 0 Å². The van der Waals surface area contributed by atoms with Gasteiger partial charge in [0.05, 0.1) is 6.04 Å². The smallest absolute Gasteiger partial charge is 0.255 e. The van der Waals surface area contributed by atoms with Crippen LogP contribution < -0.4 is 11.1 Å². The van der Waals surface area contributed by atoms with Gasteiger partial charge in [0.1, 0.15) is 28.7 Å². The normalized spacial score (nSPS) is 15.7. The number of nitrogen functional groups attached to an aromatic ring is 1. The summed E-state index contributed by atoms with van der Waals surface area (Å²) in [6.45, 7) is 1.33. The maximum absolute atomic E-state index is 13.5. The van der Waals surface area contributed by atoms with E-state index in [0.717, 1.165) is 30.7 Å². The summed E-state index contributed by atoms with van der Waals surface area (Å²) in [7, 11) is 3.91. The first-order valence-electron chi connectivity index (χ1n) is 13.2. The van der Waals surface area contributed by atoms with Crippen molar-refractivity contribution in [2.24, 2.45) is 0 Å². The third-order valence-corrected chi connectivity index (χ3v) is 6.93. The van der Waals surface area contributed by atoms with E-state index in [-0.39, 0.29) is 17.9 Å². The van der Waals surface area contributed by atoms with Crippen molar-refractivity contribution in [3.05, 3.63) is 90.3 Å². The second kappa shape index (κ2) is 11.7. The lowest BCUT2D eigenvalue weighted by Crippen LogP contribution is -2.38. The van der Waals surface area contributed by atoms with Crippen molar-refractivity contribution in [2.45, 2.75) is 25.3 Å². The number of nitrogens with zero attached hydrogens (tertiary/aromatic N) is 5. The van der Waals surface area contributed by atoms with Crippen LogP contribution in [0.25, 0.3) is 16.8 Å². The Morgan fingerprint density at radius 2 is 1.98 bits per heavy atom. The van der Waals surface area contributed by atoms with Gasteiger partial charge >= 0.3 is 0 Å². The number of aromatic nitrogens is 3. The maximum Gasteiger partial charge on any atom is 0.255 e. The number of piperidine rings is 1. The molecule has 3 heterocycles. The van der Waals surface area contributed by atoms with Gasteiger partial charge < -0.3 is 20.9 Å². The quantitative estimate of drug-likeness (QED) is 0.333. The molecule has 1 fully saturated rings. The third-order valence-electron chi connectivity index (χ3n) is 6.93. The van der Waals surface area contributed by atoms with Gasteiger partial charge in [-0.2, -0.15) is 0 Å². The number of nitrogens with one attached hydrogen (secondary N) is 1. The van der Waals surface area contributed by atoms with Crippen molar-refractivity contribution in [1.29, 1.82) is 0 Å². The summed E-state index contributed by atoms with van der Waals surface area (Å²) in [4.78, 5) is 39.1. The molecule has 1 aliphatic rings. The van der Waals surface area contributed by atoms with Crippen molar-refractivity contribution in [3.8, 4) is 11.3 Å². The van der Waals surface area contributed by atoms with Crippen LogP contribution in [0, 0.1) is 5.82 Å². The minimum absolute atomic E-state index is 0.0412. The van der Waals surface area contributed by atoms with Gasteiger partial charge in [0.15, 0.2) is 0 Å². The van der Waals surface area contributed by atoms with Gasteiger partial charge in [-0.1, -0.05) is 24.3 Å². The first kappa shape index (κ1) is 27.0. The topological polar surface area (TPSA) is 109 Å². The van der Waals surface area contributed by atoms with Crippen LogP contribution in [-0.2, 0) is 4.79 Å². The second-order valence-corrected chi connectivity index (χ2v) is 10.1. The monoisotopic (exact) mass is 541 g/mol. The van der Waals surface area contributed by atoms with Crippen molar-refractivity contribution < 1.29 is 14.0 Å². The summed E-state index contributed by atoms with van der Waals surface area (Å²) in [5, 5.41) is 2.71. The number of amides is 2. The molecule has 3 N–H and O–H groups in total. The van der Waals surface area contributed by atoms with Crippen molar-refractivity contribution >= 4 is 28.8 Å². The molecule has 1 aliphatic heterocycles. The number of likely N-dealkylation sites (N-methyl/N-ethyl adjacent to an activating group) is 1. The largest absolute Gasteiger partial charge is 0.382 e. The van der Waals surface area contributed by atoms with E-state index >= 15 is 0 Å². The number of fused-ring (bicyclic) bond motifs is 1.